The third-order valence-electron chi connectivity index (χ3n) is 10.3. The summed E-state index contributed by atoms with van der Waals surface area (Å²) < 4.78 is 0. The monoisotopic (exact) mass is 647 g/mol. The van der Waals surface area contributed by atoms with Gasteiger partial charge in [-0.3, -0.25) is 0 Å². The highest BCUT2D eigenvalue weighted by atomic mass is 15.1. The van der Waals surface area contributed by atoms with Gasteiger partial charge in [-0.1, -0.05) is 140 Å². The van der Waals surface area contributed by atoms with E-state index in [4.69, 9.17) is 0 Å². The zero-order valence-corrected chi connectivity index (χ0v) is 28.0. The first-order valence-corrected chi connectivity index (χ1v) is 17.6. The first-order chi connectivity index (χ1) is 25.2. The molecule has 1 aliphatic rings. The maximum Gasteiger partial charge on any atom is 0.0468 e. The van der Waals surface area contributed by atoms with Crippen LogP contribution >= 0.6 is 0 Å². The standard InChI is InChI=1S/C50H33N/c1-3-10-34(11-4-1)36-18-20-38(21-19-36)39-16-9-17-45(28-39)51(44-25-22-37(23-26-44)35-12-5-2-6-13-35)46-27-24-42-32-49-47-30-40-14-7-8-15-41(40)31-48(47)50(49)33-43(42)29-46/h1-33H. The molecular formula is C50H33N. The second-order valence-corrected chi connectivity index (χ2v) is 13.4. The molecule has 10 rings (SSSR count). The summed E-state index contributed by atoms with van der Waals surface area (Å²) in [4.78, 5) is 2.39. The summed E-state index contributed by atoms with van der Waals surface area (Å²) in [6.07, 6.45) is 0. The molecule has 0 spiro atoms. The molecule has 0 aromatic heterocycles. The molecule has 1 nitrogen and oxygen atoms in total. The van der Waals surface area contributed by atoms with Crippen molar-refractivity contribution in [1.82, 2.24) is 0 Å². The maximum atomic E-state index is 2.39. The van der Waals surface area contributed by atoms with Crippen LogP contribution in [0.25, 0.3) is 77.2 Å². The van der Waals surface area contributed by atoms with Gasteiger partial charge in [0.2, 0.25) is 0 Å². The molecule has 1 aliphatic carbocycles. The number of rotatable bonds is 6. The normalized spacial score (nSPS) is 11.5. The fraction of sp³-hybridized carbons (Fsp3) is 0. The Balaban J connectivity index is 1.06. The van der Waals surface area contributed by atoms with Crippen molar-refractivity contribution < 1.29 is 0 Å². The highest BCUT2D eigenvalue weighted by molar-refractivity contribution is 6.12. The minimum Gasteiger partial charge on any atom is -0.310 e. The Labute approximate surface area is 298 Å². The molecule has 0 heterocycles. The fourth-order valence-electron chi connectivity index (χ4n) is 7.68. The van der Waals surface area contributed by atoms with E-state index in [1.807, 2.05) is 0 Å². The Morgan fingerprint density at radius 2 is 0.608 bits per heavy atom. The second kappa shape index (κ2) is 12.0. The zero-order valence-electron chi connectivity index (χ0n) is 28.0. The quantitative estimate of drug-likeness (QED) is 0.174. The van der Waals surface area contributed by atoms with E-state index in [0.717, 1.165) is 17.1 Å². The summed E-state index contributed by atoms with van der Waals surface area (Å²) in [7, 11) is 0. The Morgan fingerprint density at radius 3 is 1.18 bits per heavy atom. The van der Waals surface area contributed by atoms with E-state index in [1.54, 1.807) is 0 Å². The first-order valence-electron chi connectivity index (χ1n) is 17.6. The van der Waals surface area contributed by atoms with Crippen LogP contribution in [0.1, 0.15) is 0 Å². The molecule has 0 saturated heterocycles. The average Bonchev–Trinajstić information content (AvgIpc) is 3.21. The molecule has 0 fully saturated rings. The van der Waals surface area contributed by atoms with E-state index in [0.29, 0.717) is 0 Å². The van der Waals surface area contributed by atoms with E-state index in [2.05, 4.69) is 205 Å². The van der Waals surface area contributed by atoms with Gasteiger partial charge in [-0.05, 0) is 138 Å². The maximum absolute atomic E-state index is 2.39. The predicted octanol–water partition coefficient (Wildman–Crippen LogP) is 14.1. The number of hydrogen-bond acceptors (Lipinski definition) is 1. The van der Waals surface area contributed by atoms with Crippen molar-refractivity contribution in [3.63, 3.8) is 0 Å². The second-order valence-electron chi connectivity index (χ2n) is 13.4. The molecule has 0 atom stereocenters. The molecule has 0 saturated carbocycles. The number of anilines is 3. The van der Waals surface area contributed by atoms with E-state index in [1.165, 1.54) is 77.2 Å². The van der Waals surface area contributed by atoms with Gasteiger partial charge in [0.05, 0.1) is 0 Å². The van der Waals surface area contributed by atoms with Crippen molar-refractivity contribution in [2.75, 3.05) is 4.90 Å². The van der Waals surface area contributed by atoms with Crippen LogP contribution in [-0.4, -0.2) is 0 Å². The van der Waals surface area contributed by atoms with Crippen molar-refractivity contribution in [3.8, 4) is 55.6 Å². The third kappa shape index (κ3) is 5.19. The summed E-state index contributed by atoms with van der Waals surface area (Å²) in [6.45, 7) is 0. The largest absolute Gasteiger partial charge is 0.310 e. The summed E-state index contributed by atoms with van der Waals surface area (Å²) >= 11 is 0. The lowest BCUT2D eigenvalue weighted by molar-refractivity contribution is 1.29. The highest BCUT2D eigenvalue weighted by Gasteiger charge is 2.24. The summed E-state index contributed by atoms with van der Waals surface area (Å²) in [5, 5.41) is 5.07. The Bertz CT molecular complexity index is 2710. The fourth-order valence-corrected chi connectivity index (χ4v) is 7.68. The highest BCUT2D eigenvalue weighted by Crippen LogP contribution is 2.51. The zero-order chi connectivity index (χ0) is 33.7. The van der Waals surface area contributed by atoms with Crippen LogP contribution in [0.3, 0.4) is 0 Å². The predicted molar refractivity (Wildman–Crippen MR) is 217 cm³/mol. The van der Waals surface area contributed by atoms with Crippen LogP contribution in [0.5, 0.6) is 0 Å². The molecule has 238 valence electrons. The molecular weight excluding hydrogens is 615 g/mol. The van der Waals surface area contributed by atoms with Crippen molar-refractivity contribution in [3.05, 3.63) is 200 Å². The van der Waals surface area contributed by atoms with Crippen LogP contribution in [0.4, 0.5) is 17.1 Å². The van der Waals surface area contributed by atoms with Crippen LogP contribution in [0, 0.1) is 0 Å². The Hall–Kier alpha value is -6.70. The van der Waals surface area contributed by atoms with Crippen molar-refractivity contribution in [2.45, 2.75) is 0 Å². The molecule has 1 heteroatoms. The summed E-state index contributed by atoms with van der Waals surface area (Å²) in [5.74, 6) is 0. The lowest BCUT2D eigenvalue weighted by atomic mass is 9.78. The van der Waals surface area contributed by atoms with Gasteiger partial charge in [-0.15, -0.1) is 0 Å². The topological polar surface area (TPSA) is 3.24 Å². The number of hydrogen-bond donors (Lipinski definition) is 0. The third-order valence-corrected chi connectivity index (χ3v) is 10.3. The van der Waals surface area contributed by atoms with Gasteiger partial charge in [0, 0.05) is 17.1 Å². The summed E-state index contributed by atoms with van der Waals surface area (Å²) in [5.41, 5.74) is 16.0. The lowest BCUT2D eigenvalue weighted by Gasteiger charge is -2.28. The van der Waals surface area contributed by atoms with Gasteiger partial charge >= 0.3 is 0 Å². The Kier molecular flexibility index (Phi) is 6.89. The molecule has 51 heavy (non-hydrogen) atoms. The van der Waals surface area contributed by atoms with Crippen LogP contribution in [0.15, 0.2) is 200 Å². The molecule has 9 aromatic rings. The van der Waals surface area contributed by atoms with Crippen LogP contribution in [-0.2, 0) is 0 Å². The molecule has 0 radical (unpaired) electrons. The minimum atomic E-state index is 1.12. The van der Waals surface area contributed by atoms with Gasteiger partial charge in [0.25, 0.3) is 0 Å². The van der Waals surface area contributed by atoms with Gasteiger partial charge in [0.15, 0.2) is 0 Å². The lowest BCUT2D eigenvalue weighted by Crippen LogP contribution is -2.10. The smallest absolute Gasteiger partial charge is 0.0468 e. The minimum absolute atomic E-state index is 1.12. The summed E-state index contributed by atoms with van der Waals surface area (Å²) in [6, 6.07) is 72.9. The van der Waals surface area contributed by atoms with Crippen molar-refractivity contribution in [1.29, 1.82) is 0 Å². The molecule has 0 aliphatic heterocycles. The number of fused-ring (bicyclic) bond motifs is 6. The van der Waals surface area contributed by atoms with Gasteiger partial charge in [-0.25, -0.2) is 0 Å². The van der Waals surface area contributed by atoms with Gasteiger partial charge < -0.3 is 4.90 Å². The molecule has 0 N–H and O–H groups in total. The van der Waals surface area contributed by atoms with Crippen LogP contribution < -0.4 is 4.90 Å². The van der Waals surface area contributed by atoms with Crippen molar-refractivity contribution >= 4 is 38.6 Å². The van der Waals surface area contributed by atoms with E-state index in [-0.39, 0.29) is 0 Å². The molecule has 0 bridgehead atoms. The molecule has 0 amide bonds. The molecule has 0 unspecified atom stereocenters. The SMILES string of the molecule is c1ccc(-c2ccc(-c3cccc(N(c4ccc(-c5ccccc5)cc4)c4ccc5cc6c(cc5c4)-c4cc5ccccc5cc4-6)c3)cc2)cc1. The van der Waals surface area contributed by atoms with Crippen molar-refractivity contribution in [2.24, 2.45) is 0 Å². The van der Waals surface area contributed by atoms with Gasteiger partial charge in [0.1, 0.15) is 0 Å². The first kappa shape index (κ1) is 29.2. The van der Waals surface area contributed by atoms with E-state index in [9.17, 15) is 0 Å². The average molecular weight is 648 g/mol. The number of benzene rings is 9. The van der Waals surface area contributed by atoms with Gasteiger partial charge in [-0.2, -0.15) is 0 Å². The van der Waals surface area contributed by atoms with Crippen LogP contribution in [0.2, 0.25) is 0 Å². The number of nitrogens with zero attached hydrogens (tertiary/aromatic N) is 1. The molecule has 9 aromatic carbocycles. The Morgan fingerprint density at radius 1 is 0.216 bits per heavy atom. The van der Waals surface area contributed by atoms with E-state index >= 15 is 0 Å². The van der Waals surface area contributed by atoms with E-state index < -0.39 is 0 Å².